The van der Waals surface area contributed by atoms with Crippen LogP contribution < -0.4 is 4.74 Å². The number of benzene rings is 1. The second-order valence-corrected chi connectivity index (χ2v) is 5.08. The van der Waals surface area contributed by atoms with Crippen LogP contribution in [0.2, 0.25) is 5.02 Å². The highest BCUT2D eigenvalue weighted by atomic mass is 35.5. The summed E-state index contributed by atoms with van der Waals surface area (Å²) in [6, 6.07) is 5.41. The van der Waals surface area contributed by atoms with Crippen LogP contribution in [0, 0.1) is 0 Å². The highest BCUT2D eigenvalue weighted by Gasteiger charge is 2.10. The first-order valence-electron chi connectivity index (χ1n) is 6.54. The van der Waals surface area contributed by atoms with E-state index in [1.807, 2.05) is 12.1 Å². The van der Waals surface area contributed by atoms with E-state index < -0.39 is 0 Å². The van der Waals surface area contributed by atoms with Crippen LogP contribution in [0.5, 0.6) is 5.75 Å². The lowest BCUT2D eigenvalue weighted by atomic mass is 10.2. The third-order valence-electron chi connectivity index (χ3n) is 3.25. The Labute approximate surface area is 113 Å². The van der Waals surface area contributed by atoms with Gasteiger partial charge in [-0.15, -0.1) is 0 Å². The minimum atomic E-state index is 0.00889. The Morgan fingerprint density at radius 1 is 1.28 bits per heavy atom. The Balaban J connectivity index is 1.72. The van der Waals surface area contributed by atoms with Gasteiger partial charge in [0.25, 0.3) is 0 Å². The minimum Gasteiger partial charge on any atom is -0.492 e. The average molecular weight is 270 g/mol. The molecule has 3 nitrogen and oxygen atoms in total. The van der Waals surface area contributed by atoms with E-state index in [0.29, 0.717) is 17.4 Å². The number of hydrogen-bond donors (Lipinski definition) is 1. The van der Waals surface area contributed by atoms with Crippen LogP contribution >= 0.6 is 11.6 Å². The van der Waals surface area contributed by atoms with Crippen molar-refractivity contribution in [1.29, 1.82) is 0 Å². The van der Waals surface area contributed by atoms with Gasteiger partial charge in [0, 0.05) is 6.54 Å². The summed E-state index contributed by atoms with van der Waals surface area (Å²) in [5, 5.41) is 9.56. The first kappa shape index (κ1) is 13.7. The molecule has 2 rings (SSSR count). The molecule has 0 radical (unpaired) electrons. The Morgan fingerprint density at radius 3 is 2.72 bits per heavy atom. The van der Waals surface area contributed by atoms with E-state index in [1.54, 1.807) is 6.07 Å². The number of ether oxygens (including phenoxy) is 1. The standard InChI is InChI=1S/C14H20ClNO2/c15-13-10-12(11-17)4-5-14(13)18-9-3-8-16-6-1-2-7-16/h4-5,10,17H,1-3,6-9,11H2. The molecule has 0 aliphatic carbocycles. The van der Waals surface area contributed by atoms with E-state index in [-0.39, 0.29) is 6.61 Å². The summed E-state index contributed by atoms with van der Waals surface area (Å²) >= 11 is 6.07. The van der Waals surface area contributed by atoms with E-state index in [2.05, 4.69) is 4.90 Å². The van der Waals surface area contributed by atoms with Crippen molar-refractivity contribution in [3.8, 4) is 5.75 Å². The van der Waals surface area contributed by atoms with Crippen LogP contribution in [0.15, 0.2) is 18.2 Å². The van der Waals surface area contributed by atoms with E-state index >= 15 is 0 Å². The first-order valence-corrected chi connectivity index (χ1v) is 6.92. The molecular weight excluding hydrogens is 250 g/mol. The second kappa shape index (κ2) is 6.98. The molecule has 0 unspecified atom stereocenters. The third kappa shape index (κ3) is 3.87. The molecule has 0 aromatic heterocycles. The quantitative estimate of drug-likeness (QED) is 0.806. The van der Waals surface area contributed by atoms with Gasteiger partial charge in [-0.3, -0.25) is 0 Å². The van der Waals surface area contributed by atoms with Crippen molar-refractivity contribution in [2.24, 2.45) is 0 Å². The van der Waals surface area contributed by atoms with Crippen molar-refractivity contribution in [1.82, 2.24) is 4.90 Å². The molecule has 0 saturated carbocycles. The molecule has 1 heterocycles. The highest BCUT2D eigenvalue weighted by Crippen LogP contribution is 2.25. The van der Waals surface area contributed by atoms with Crippen LogP contribution in [0.3, 0.4) is 0 Å². The van der Waals surface area contributed by atoms with Crippen molar-refractivity contribution >= 4 is 11.6 Å². The fourth-order valence-electron chi connectivity index (χ4n) is 2.24. The van der Waals surface area contributed by atoms with Crippen molar-refractivity contribution in [3.63, 3.8) is 0 Å². The van der Waals surface area contributed by atoms with Crippen LogP contribution in [0.25, 0.3) is 0 Å². The zero-order valence-corrected chi connectivity index (χ0v) is 11.3. The van der Waals surface area contributed by atoms with Crippen LogP contribution in [-0.2, 0) is 6.61 Å². The molecule has 1 aliphatic rings. The van der Waals surface area contributed by atoms with Crippen LogP contribution in [0.4, 0.5) is 0 Å². The molecular formula is C14H20ClNO2. The molecule has 1 aliphatic heterocycles. The predicted molar refractivity (Wildman–Crippen MR) is 73.2 cm³/mol. The van der Waals surface area contributed by atoms with E-state index in [0.717, 1.165) is 18.5 Å². The summed E-state index contributed by atoms with van der Waals surface area (Å²) in [6.45, 7) is 4.26. The number of aliphatic hydroxyl groups excluding tert-OH is 1. The van der Waals surface area contributed by atoms with Gasteiger partial charge in [-0.1, -0.05) is 17.7 Å². The maximum atomic E-state index is 8.98. The molecule has 0 atom stereocenters. The molecule has 0 amide bonds. The Morgan fingerprint density at radius 2 is 2.06 bits per heavy atom. The molecule has 0 spiro atoms. The number of nitrogens with zero attached hydrogens (tertiary/aromatic N) is 1. The second-order valence-electron chi connectivity index (χ2n) is 4.67. The summed E-state index contributed by atoms with van der Waals surface area (Å²) in [6.07, 6.45) is 3.68. The topological polar surface area (TPSA) is 32.7 Å². The Kier molecular flexibility index (Phi) is 5.29. The lowest BCUT2D eigenvalue weighted by molar-refractivity contribution is 0.262. The van der Waals surface area contributed by atoms with Gasteiger partial charge in [0.2, 0.25) is 0 Å². The molecule has 0 bridgehead atoms. The van der Waals surface area contributed by atoms with Crippen molar-refractivity contribution in [2.45, 2.75) is 25.9 Å². The smallest absolute Gasteiger partial charge is 0.137 e. The predicted octanol–water partition coefficient (Wildman–Crippen LogP) is 2.70. The average Bonchev–Trinajstić information content (AvgIpc) is 2.89. The summed E-state index contributed by atoms with van der Waals surface area (Å²) in [5.41, 5.74) is 0.810. The minimum absolute atomic E-state index is 0.00889. The first-order chi connectivity index (χ1) is 8.79. The molecule has 1 aromatic rings. The van der Waals surface area contributed by atoms with Gasteiger partial charge < -0.3 is 14.7 Å². The lowest BCUT2D eigenvalue weighted by Gasteiger charge is -2.14. The molecule has 1 fully saturated rings. The van der Waals surface area contributed by atoms with Gasteiger partial charge >= 0.3 is 0 Å². The zero-order valence-electron chi connectivity index (χ0n) is 10.6. The summed E-state index contributed by atoms with van der Waals surface area (Å²) in [4.78, 5) is 2.47. The fraction of sp³-hybridized carbons (Fsp3) is 0.571. The number of likely N-dealkylation sites (tertiary alicyclic amines) is 1. The van der Waals surface area contributed by atoms with E-state index in [9.17, 15) is 0 Å². The zero-order chi connectivity index (χ0) is 12.8. The molecule has 1 saturated heterocycles. The molecule has 1 N–H and O–H groups in total. The van der Waals surface area contributed by atoms with Crippen LogP contribution in [0.1, 0.15) is 24.8 Å². The van der Waals surface area contributed by atoms with Crippen molar-refractivity contribution < 1.29 is 9.84 Å². The van der Waals surface area contributed by atoms with Gasteiger partial charge in [0.05, 0.1) is 18.2 Å². The SMILES string of the molecule is OCc1ccc(OCCCN2CCCC2)c(Cl)c1. The Hall–Kier alpha value is -0.770. The summed E-state index contributed by atoms with van der Waals surface area (Å²) in [7, 11) is 0. The lowest BCUT2D eigenvalue weighted by Crippen LogP contribution is -2.21. The number of aliphatic hydroxyl groups is 1. The van der Waals surface area contributed by atoms with Gasteiger partial charge in [0.1, 0.15) is 5.75 Å². The molecule has 100 valence electrons. The van der Waals surface area contributed by atoms with Gasteiger partial charge in [-0.2, -0.15) is 0 Å². The van der Waals surface area contributed by atoms with E-state index in [4.69, 9.17) is 21.4 Å². The summed E-state index contributed by atoms with van der Waals surface area (Å²) < 4.78 is 5.66. The third-order valence-corrected chi connectivity index (χ3v) is 3.55. The van der Waals surface area contributed by atoms with Crippen molar-refractivity contribution in [3.05, 3.63) is 28.8 Å². The maximum Gasteiger partial charge on any atom is 0.137 e. The number of halogens is 1. The molecule has 18 heavy (non-hydrogen) atoms. The van der Waals surface area contributed by atoms with Crippen molar-refractivity contribution in [2.75, 3.05) is 26.2 Å². The Bertz CT molecular complexity index is 378. The van der Waals surface area contributed by atoms with Gasteiger partial charge in [-0.25, -0.2) is 0 Å². The normalized spacial score (nSPS) is 16.1. The number of hydrogen-bond acceptors (Lipinski definition) is 3. The summed E-state index contributed by atoms with van der Waals surface area (Å²) in [5.74, 6) is 0.704. The fourth-order valence-corrected chi connectivity index (χ4v) is 2.49. The van der Waals surface area contributed by atoms with Crippen LogP contribution in [-0.4, -0.2) is 36.2 Å². The monoisotopic (exact) mass is 269 g/mol. The van der Waals surface area contributed by atoms with E-state index in [1.165, 1.54) is 25.9 Å². The highest BCUT2D eigenvalue weighted by molar-refractivity contribution is 6.32. The molecule has 1 aromatic carbocycles. The maximum absolute atomic E-state index is 8.98. The number of rotatable bonds is 6. The van der Waals surface area contributed by atoms with Gasteiger partial charge in [0.15, 0.2) is 0 Å². The van der Waals surface area contributed by atoms with Gasteiger partial charge in [-0.05, 0) is 50.0 Å². The molecule has 4 heteroatoms. The largest absolute Gasteiger partial charge is 0.492 e.